The molecule has 1 amide bonds. The Balaban J connectivity index is 1.94. The number of carboxylic acid groups (broad SMARTS) is 1. The molecule has 1 aliphatic heterocycles. The van der Waals surface area contributed by atoms with Gasteiger partial charge < -0.3 is 10.0 Å². The SMILES string of the molecule is Cc1cc(C(=O)N2CCCC2(C)C(=O)O)nn1-c1ccccc1. The molecule has 0 bridgehead atoms. The van der Waals surface area contributed by atoms with E-state index in [1.165, 1.54) is 4.90 Å². The van der Waals surface area contributed by atoms with Gasteiger partial charge in [0.05, 0.1) is 5.69 Å². The largest absolute Gasteiger partial charge is 0.480 e. The van der Waals surface area contributed by atoms with Crippen molar-refractivity contribution in [1.29, 1.82) is 0 Å². The van der Waals surface area contributed by atoms with Gasteiger partial charge in [0.2, 0.25) is 0 Å². The van der Waals surface area contributed by atoms with E-state index in [0.29, 0.717) is 19.4 Å². The Morgan fingerprint density at radius 3 is 2.61 bits per heavy atom. The van der Waals surface area contributed by atoms with Crippen LogP contribution >= 0.6 is 0 Å². The quantitative estimate of drug-likeness (QED) is 0.943. The van der Waals surface area contributed by atoms with E-state index in [1.807, 2.05) is 37.3 Å². The Hall–Kier alpha value is -2.63. The predicted molar refractivity (Wildman–Crippen MR) is 84.6 cm³/mol. The Bertz CT molecular complexity index is 754. The van der Waals surface area contributed by atoms with Gasteiger partial charge in [-0.3, -0.25) is 4.79 Å². The number of benzene rings is 1. The number of aliphatic carboxylic acids is 1. The second kappa shape index (κ2) is 5.53. The number of hydrogen-bond acceptors (Lipinski definition) is 3. The molecule has 1 fully saturated rings. The number of para-hydroxylation sites is 1. The van der Waals surface area contributed by atoms with Crippen LogP contribution < -0.4 is 0 Å². The van der Waals surface area contributed by atoms with Crippen LogP contribution in [0.1, 0.15) is 35.9 Å². The second-order valence-electron chi connectivity index (χ2n) is 6.06. The van der Waals surface area contributed by atoms with Gasteiger partial charge in [-0.25, -0.2) is 9.48 Å². The fraction of sp³-hybridized carbons (Fsp3) is 0.353. The molecule has 6 nitrogen and oxygen atoms in total. The van der Waals surface area contributed by atoms with E-state index in [0.717, 1.165) is 11.4 Å². The zero-order chi connectivity index (χ0) is 16.6. The molecule has 0 spiro atoms. The molecule has 6 heteroatoms. The highest BCUT2D eigenvalue weighted by Gasteiger charge is 2.46. The lowest BCUT2D eigenvalue weighted by atomic mass is 9.99. The van der Waals surface area contributed by atoms with Crippen LogP contribution in [0.15, 0.2) is 36.4 Å². The third-order valence-electron chi connectivity index (χ3n) is 4.45. The molecule has 0 aliphatic carbocycles. The van der Waals surface area contributed by atoms with Gasteiger partial charge in [0.15, 0.2) is 5.69 Å². The lowest BCUT2D eigenvalue weighted by Crippen LogP contribution is -2.50. The summed E-state index contributed by atoms with van der Waals surface area (Å²) in [5.41, 5.74) is 0.824. The van der Waals surface area contributed by atoms with Gasteiger partial charge in [-0.2, -0.15) is 5.10 Å². The number of aromatic nitrogens is 2. The van der Waals surface area contributed by atoms with Gasteiger partial charge in [-0.05, 0) is 44.9 Å². The molecule has 1 aliphatic rings. The van der Waals surface area contributed by atoms with Gasteiger partial charge in [0, 0.05) is 12.2 Å². The van der Waals surface area contributed by atoms with Gasteiger partial charge in [0.1, 0.15) is 5.54 Å². The third-order valence-corrected chi connectivity index (χ3v) is 4.45. The summed E-state index contributed by atoms with van der Waals surface area (Å²) in [5, 5.41) is 13.8. The minimum Gasteiger partial charge on any atom is -0.480 e. The van der Waals surface area contributed by atoms with Crippen LogP contribution in [-0.4, -0.2) is 43.7 Å². The number of carbonyl (C=O) groups is 2. The molecule has 1 saturated heterocycles. The summed E-state index contributed by atoms with van der Waals surface area (Å²) in [4.78, 5) is 25.7. The molecule has 120 valence electrons. The van der Waals surface area contributed by atoms with Gasteiger partial charge in [-0.15, -0.1) is 0 Å². The Labute approximate surface area is 134 Å². The van der Waals surface area contributed by atoms with Crippen molar-refractivity contribution in [2.75, 3.05) is 6.54 Å². The molecular weight excluding hydrogens is 294 g/mol. The lowest BCUT2D eigenvalue weighted by Gasteiger charge is -2.30. The molecule has 1 aromatic carbocycles. The summed E-state index contributed by atoms with van der Waals surface area (Å²) in [6.07, 6.45) is 1.15. The van der Waals surface area contributed by atoms with Crippen LogP contribution in [0, 0.1) is 6.92 Å². The van der Waals surface area contributed by atoms with Crippen LogP contribution in [-0.2, 0) is 4.79 Å². The minimum absolute atomic E-state index is 0.278. The summed E-state index contributed by atoms with van der Waals surface area (Å²) in [6.45, 7) is 3.91. The molecule has 23 heavy (non-hydrogen) atoms. The standard InChI is InChI=1S/C17H19N3O3/c1-12-11-14(18-20(12)13-7-4-3-5-8-13)15(21)19-10-6-9-17(19,2)16(22)23/h3-5,7-8,11H,6,9-10H2,1-2H3,(H,22,23). The highest BCUT2D eigenvalue weighted by Crippen LogP contribution is 2.30. The highest BCUT2D eigenvalue weighted by molar-refractivity contribution is 5.96. The lowest BCUT2D eigenvalue weighted by molar-refractivity contribution is -0.147. The third kappa shape index (κ3) is 2.50. The average Bonchev–Trinajstić information content (AvgIpc) is 3.12. The maximum atomic E-state index is 12.8. The number of likely N-dealkylation sites (tertiary alicyclic amines) is 1. The van der Waals surface area contributed by atoms with E-state index >= 15 is 0 Å². The first-order chi connectivity index (χ1) is 10.9. The summed E-state index contributed by atoms with van der Waals surface area (Å²) in [5.74, 6) is -1.30. The predicted octanol–water partition coefficient (Wildman–Crippen LogP) is 2.26. The Morgan fingerprint density at radius 2 is 1.96 bits per heavy atom. The van der Waals surface area contributed by atoms with Crippen molar-refractivity contribution >= 4 is 11.9 Å². The first kappa shape index (κ1) is 15.3. The zero-order valence-electron chi connectivity index (χ0n) is 13.2. The van der Waals surface area contributed by atoms with Crippen molar-refractivity contribution < 1.29 is 14.7 Å². The van der Waals surface area contributed by atoms with E-state index in [1.54, 1.807) is 17.7 Å². The highest BCUT2D eigenvalue weighted by atomic mass is 16.4. The molecule has 1 atom stereocenters. The Kier molecular flexibility index (Phi) is 3.67. The van der Waals surface area contributed by atoms with Gasteiger partial charge >= 0.3 is 5.97 Å². The van der Waals surface area contributed by atoms with Crippen molar-refractivity contribution in [1.82, 2.24) is 14.7 Å². The van der Waals surface area contributed by atoms with Crippen LogP contribution in [0.5, 0.6) is 0 Å². The fourth-order valence-corrected chi connectivity index (χ4v) is 3.06. The molecule has 2 heterocycles. The average molecular weight is 313 g/mol. The van der Waals surface area contributed by atoms with Crippen molar-refractivity contribution in [2.24, 2.45) is 0 Å². The first-order valence-electron chi connectivity index (χ1n) is 7.61. The number of amides is 1. The topological polar surface area (TPSA) is 75.4 Å². The molecule has 1 unspecified atom stereocenters. The molecular formula is C17H19N3O3. The normalized spacial score (nSPS) is 20.7. The number of rotatable bonds is 3. The second-order valence-corrected chi connectivity index (χ2v) is 6.06. The van der Waals surface area contributed by atoms with Crippen molar-refractivity contribution in [3.05, 3.63) is 47.8 Å². The summed E-state index contributed by atoms with van der Waals surface area (Å²) < 4.78 is 1.70. The maximum absolute atomic E-state index is 12.8. The number of carbonyl (C=O) groups excluding carboxylic acids is 1. The minimum atomic E-state index is -1.15. The van der Waals surface area contributed by atoms with Crippen molar-refractivity contribution in [3.8, 4) is 5.69 Å². The van der Waals surface area contributed by atoms with E-state index < -0.39 is 11.5 Å². The summed E-state index contributed by atoms with van der Waals surface area (Å²) in [7, 11) is 0. The van der Waals surface area contributed by atoms with Crippen molar-refractivity contribution in [3.63, 3.8) is 0 Å². The molecule has 1 N–H and O–H groups in total. The van der Waals surface area contributed by atoms with Crippen LogP contribution in [0.2, 0.25) is 0 Å². The van der Waals surface area contributed by atoms with Crippen LogP contribution in [0.3, 0.4) is 0 Å². The summed E-state index contributed by atoms with van der Waals surface area (Å²) in [6, 6.07) is 11.2. The monoisotopic (exact) mass is 313 g/mol. The number of carboxylic acids is 1. The smallest absolute Gasteiger partial charge is 0.329 e. The van der Waals surface area contributed by atoms with E-state index in [9.17, 15) is 14.7 Å². The number of nitrogens with zero attached hydrogens (tertiary/aromatic N) is 3. The fourth-order valence-electron chi connectivity index (χ4n) is 3.06. The van der Waals surface area contributed by atoms with Gasteiger partial charge in [-0.1, -0.05) is 18.2 Å². The number of hydrogen-bond donors (Lipinski definition) is 1. The first-order valence-corrected chi connectivity index (χ1v) is 7.61. The molecule has 2 aromatic rings. The molecule has 1 aromatic heterocycles. The maximum Gasteiger partial charge on any atom is 0.329 e. The van der Waals surface area contributed by atoms with Crippen molar-refractivity contribution in [2.45, 2.75) is 32.2 Å². The molecule has 0 saturated carbocycles. The van der Waals surface area contributed by atoms with E-state index in [4.69, 9.17) is 0 Å². The Morgan fingerprint density at radius 1 is 1.26 bits per heavy atom. The number of aryl methyl sites for hydroxylation is 1. The van der Waals surface area contributed by atoms with Crippen LogP contribution in [0.4, 0.5) is 0 Å². The van der Waals surface area contributed by atoms with E-state index in [-0.39, 0.29) is 11.6 Å². The molecule has 3 rings (SSSR count). The van der Waals surface area contributed by atoms with Crippen LogP contribution in [0.25, 0.3) is 5.69 Å². The zero-order valence-corrected chi connectivity index (χ0v) is 13.2. The van der Waals surface area contributed by atoms with E-state index in [2.05, 4.69) is 5.10 Å². The summed E-state index contributed by atoms with van der Waals surface area (Å²) >= 11 is 0. The molecule has 0 radical (unpaired) electrons. The van der Waals surface area contributed by atoms with Gasteiger partial charge in [0.25, 0.3) is 5.91 Å².